The lowest BCUT2D eigenvalue weighted by Gasteiger charge is -2.24. The summed E-state index contributed by atoms with van der Waals surface area (Å²) in [5.74, 6) is 0. The Bertz CT molecular complexity index is 457. The lowest BCUT2D eigenvalue weighted by molar-refractivity contribution is 0.205. The molecule has 0 saturated heterocycles. The van der Waals surface area contributed by atoms with E-state index in [1.807, 2.05) is 0 Å². The van der Waals surface area contributed by atoms with E-state index < -0.39 is 9.84 Å². The Morgan fingerprint density at radius 2 is 1.83 bits per heavy atom. The molecule has 0 heterocycles. The van der Waals surface area contributed by atoms with Gasteiger partial charge in [-0.1, -0.05) is 0 Å². The average Bonchev–Trinajstić information content (AvgIpc) is 2.33. The second-order valence-corrected chi connectivity index (χ2v) is 6.05. The van der Waals surface area contributed by atoms with Gasteiger partial charge in [0.05, 0.1) is 11.5 Å². The van der Waals surface area contributed by atoms with Crippen molar-refractivity contribution < 1.29 is 13.2 Å². The first-order valence-electron chi connectivity index (χ1n) is 5.73. The number of rotatable bonds is 7. The fourth-order valence-electron chi connectivity index (χ4n) is 1.63. The quantitative estimate of drug-likeness (QED) is 0.782. The van der Waals surface area contributed by atoms with Gasteiger partial charge >= 0.3 is 0 Å². The third-order valence-corrected chi connectivity index (χ3v) is 3.72. The molecule has 0 bridgehead atoms. The van der Waals surface area contributed by atoms with E-state index in [1.54, 1.807) is 31.4 Å². The maximum atomic E-state index is 11.4. The van der Waals surface area contributed by atoms with E-state index in [9.17, 15) is 8.42 Å². The molecule has 6 heteroatoms. The highest BCUT2D eigenvalue weighted by atomic mass is 32.2. The van der Waals surface area contributed by atoms with Crippen LogP contribution in [0.15, 0.2) is 29.2 Å². The molecule has 0 amide bonds. The fraction of sp³-hybridized carbons (Fsp3) is 0.500. The summed E-state index contributed by atoms with van der Waals surface area (Å²) in [6.45, 7) is 2.58. The molecule has 0 atom stereocenters. The van der Waals surface area contributed by atoms with Gasteiger partial charge in [-0.25, -0.2) is 8.42 Å². The molecule has 102 valence electrons. The molecule has 0 aliphatic rings. The summed E-state index contributed by atoms with van der Waals surface area (Å²) in [5.41, 5.74) is 6.51. The van der Waals surface area contributed by atoms with E-state index >= 15 is 0 Å². The molecule has 0 saturated carbocycles. The largest absolute Gasteiger partial charge is 0.383 e. The molecule has 1 aromatic carbocycles. The fourth-order valence-corrected chi connectivity index (χ4v) is 2.26. The summed E-state index contributed by atoms with van der Waals surface area (Å²) >= 11 is 0. The summed E-state index contributed by atoms with van der Waals surface area (Å²) in [7, 11) is -1.50. The molecule has 18 heavy (non-hydrogen) atoms. The molecule has 5 nitrogen and oxygen atoms in total. The van der Waals surface area contributed by atoms with Crippen molar-refractivity contribution >= 4 is 15.5 Å². The minimum absolute atomic E-state index is 0.325. The van der Waals surface area contributed by atoms with E-state index in [0.29, 0.717) is 24.6 Å². The summed E-state index contributed by atoms with van der Waals surface area (Å²) in [4.78, 5) is 2.39. The third kappa shape index (κ3) is 4.29. The van der Waals surface area contributed by atoms with Gasteiger partial charge in [0.2, 0.25) is 0 Å². The van der Waals surface area contributed by atoms with Crippen LogP contribution < -0.4 is 10.6 Å². The molecule has 0 spiro atoms. The standard InChI is InChI=1S/C12H20N2O3S/c1-17-10-9-14(8-7-13)11-3-5-12(6-4-11)18(2,15)16/h3-6H,7-10,13H2,1-2H3. The number of methoxy groups -OCH3 is 1. The van der Waals surface area contributed by atoms with Crippen LogP contribution >= 0.6 is 0 Å². The van der Waals surface area contributed by atoms with Gasteiger partial charge in [0.15, 0.2) is 9.84 Å². The van der Waals surface area contributed by atoms with Crippen LogP contribution in [0.5, 0.6) is 0 Å². The minimum Gasteiger partial charge on any atom is -0.383 e. The Morgan fingerprint density at radius 3 is 2.28 bits per heavy atom. The van der Waals surface area contributed by atoms with Crippen molar-refractivity contribution in [1.29, 1.82) is 0 Å². The predicted octanol–water partition coefficient (Wildman–Crippen LogP) is 0.502. The topological polar surface area (TPSA) is 72.6 Å². The number of sulfone groups is 1. The van der Waals surface area contributed by atoms with Crippen LogP contribution in [-0.2, 0) is 14.6 Å². The van der Waals surface area contributed by atoms with Gasteiger partial charge in [0.25, 0.3) is 0 Å². The van der Waals surface area contributed by atoms with E-state index in [4.69, 9.17) is 10.5 Å². The van der Waals surface area contributed by atoms with Crippen LogP contribution in [0.25, 0.3) is 0 Å². The van der Waals surface area contributed by atoms with Crippen molar-refractivity contribution in [2.24, 2.45) is 5.73 Å². The van der Waals surface area contributed by atoms with Crippen molar-refractivity contribution in [3.8, 4) is 0 Å². The molecular formula is C12H20N2O3S. The lowest BCUT2D eigenvalue weighted by Crippen LogP contribution is -2.32. The van der Waals surface area contributed by atoms with Crippen LogP contribution in [0.3, 0.4) is 0 Å². The van der Waals surface area contributed by atoms with Crippen molar-refractivity contribution in [3.05, 3.63) is 24.3 Å². The maximum absolute atomic E-state index is 11.4. The SMILES string of the molecule is COCCN(CCN)c1ccc(S(C)(=O)=O)cc1. The number of hydrogen-bond donors (Lipinski definition) is 1. The van der Waals surface area contributed by atoms with Crippen LogP contribution in [0, 0.1) is 0 Å². The number of nitrogens with two attached hydrogens (primary N) is 1. The smallest absolute Gasteiger partial charge is 0.175 e. The molecule has 1 rings (SSSR count). The first-order chi connectivity index (χ1) is 8.49. The molecule has 0 aliphatic carbocycles. The Kier molecular flexibility index (Phi) is 5.58. The van der Waals surface area contributed by atoms with Crippen molar-refractivity contribution in [2.45, 2.75) is 4.90 Å². The second kappa shape index (κ2) is 6.72. The first-order valence-corrected chi connectivity index (χ1v) is 7.62. The number of anilines is 1. The zero-order chi connectivity index (χ0) is 13.6. The molecule has 1 aromatic rings. The van der Waals surface area contributed by atoms with Crippen LogP contribution in [0.1, 0.15) is 0 Å². The summed E-state index contributed by atoms with van der Waals surface area (Å²) in [6.07, 6.45) is 1.20. The Morgan fingerprint density at radius 1 is 1.22 bits per heavy atom. The molecule has 2 N–H and O–H groups in total. The predicted molar refractivity (Wildman–Crippen MR) is 72.7 cm³/mol. The zero-order valence-corrected chi connectivity index (χ0v) is 11.6. The zero-order valence-electron chi connectivity index (χ0n) is 10.8. The normalized spacial score (nSPS) is 11.5. The molecular weight excluding hydrogens is 252 g/mol. The highest BCUT2D eigenvalue weighted by Gasteiger charge is 2.09. The Balaban J connectivity index is 2.86. The van der Waals surface area contributed by atoms with Gasteiger partial charge in [-0.3, -0.25) is 0 Å². The van der Waals surface area contributed by atoms with Crippen LogP contribution in [0.4, 0.5) is 5.69 Å². The van der Waals surface area contributed by atoms with Gasteiger partial charge in [-0.2, -0.15) is 0 Å². The Labute approximate surface area is 108 Å². The van der Waals surface area contributed by atoms with Gasteiger partial charge in [-0.05, 0) is 24.3 Å². The molecule has 0 aromatic heterocycles. The highest BCUT2D eigenvalue weighted by molar-refractivity contribution is 7.90. The van der Waals surface area contributed by atoms with E-state index in [-0.39, 0.29) is 0 Å². The minimum atomic E-state index is -3.14. The molecule has 0 unspecified atom stereocenters. The van der Waals surface area contributed by atoms with Crippen molar-refractivity contribution in [3.63, 3.8) is 0 Å². The summed E-state index contributed by atoms with van der Waals surface area (Å²) in [6, 6.07) is 6.81. The number of benzene rings is 1. The van der Waals surface area contributed by atoms with Crippen LogP contribution in [-0.4, -0.2) is 48.0 Å². The van der Waals surface area contributed by atoms with Crippen molar-refractivity contribution in [1.82, 2.24) is 0 Å². The monoisotopic (exact) mass is 272 g/mol. The lowest BCUT2D eigenvalue weighted by atomic mass is 10.3. The average molecular weight is 272 g/mol. The van der Waals surface area contributed by atoms with E-state index in [2.05, 4.69) is 4.90 Å². The number of ether oxygens (including phenoxy) is 1. The maximum Gasteiger partial charge on any atom is 0.175 e. The number of hydrogen-bond acceptors (Lipinski definition) is 5. The van der Waals surface area contributed by atoms with E-state index in [1.165, 1.54) is 6.26 Å². The van der Waals surface area contributed by atoms with Gasteiger partial charge in [-0.15, -0.1) is 0 Å². The summed E-state index contributed by atoms with van der Waals surface area (Å²) in [5, 5.41) is 0. The van der Waals surface area contributed by atoms with Crippen molar-refractivity contribution in [2.75, 3.05) is 44.5 Å². The second-order valence-electron chi connectivity index (χ2n) is 4.03. The van der Waals surface area contributed by atoms with Gasteiger partial charge in [0, 0.05) is 38.7 Å². The first kappa shape index (κ1) is 14.9. The molecule has 0 radical (unpaired) electrons. The third-order valence-electron chi connectivity index (χ3n) is 2.59. The Hall–Kier alpha value is -1.11. The summed E-state index contributed by atoms with van der Waals surface area (Å²) < 4.78 is 27.8. The van der Waals surface area contributed by atoms with Gasteiger partial charge < -0.3 is 15.4 Å². The highest BCUT2D eigenvalue weighted by Crippen LogP contribution is 2.17. The van der Waals surface area contributed by atoms with Gasteiger partial charge in [0.1, 0.15) is 0 Å². The van der Waals surface area contributed by atoms with Crippen LogP contribution in [0.2, 0.25) is 0 Å². The molecule has 0 fully saturated rings. The van der Waals surface area contributed by atoms with E-state index in [0.717, 1.165) is 12.2 Å². The number of nitrogens with zero attached hydrogens (tertiary/aromatic N) is 1. The molecule has 0 aliphatic heterocycles.